The van der Waals surface area contributed by atoms with Crippen molar-refractivity contribution in [2.24, 2.45) is 0 Å². The Balaban J connectivity index is 1.54. The number of aromatic nitrogens is 5. The van der Waals surface area contributed by atoms with E-state index in [0.717, 1.165) is 17.8 Å². The topological polar surface area (TPSA) is 68.5 Å². The highest BCUT2D eigenvalue weighted by Crippen LogP contribution is 2.51. The molecule has 2 fully saturated rings. The van der Waals surface area contributed by atoms with Crippen LogP contribution in [0.15, 0.2) is 24.9 Å². The van der Waals surface area contributed by atoms with Crippen molar-refractivity contribution in [3.63, 3.8) is 0 Å². The minimum Gasteiger partial charge on any atom is -0.311 e. The third-order valence-corrected chi connectivity index (χ3v) is 4.24. The lowest BCUT2D eigenvalue weighted by atomic mass is 9.95. The molecule has 19 heavy (non-hydrogen) atoms. The molecule has 1 N–H and O–H groups in total. The maximum Gasteiger partial charge on any atom is 0.115 e. The molecule has 1 unspecified atom stereocenters. The first-order valence-electron chi connectivity index (χ1n) is 6.75. The molecule has 1 atom stereocenters. The molecule has 1 saturated carbocycles. The van der Waals surface area contributed by atoms with Crippen LogP contribution < -0.4 is 5.32 Å². The molecule has 0 bridgehead atoms. The van der Waals surface area contributed by atoms with Crippen LogP contribution in [-0.2, 0) is 6.54 Å². The average Bonchev–Trinajstić information content (AvgIpc) is 2.86. The summed E-state index contributed by atoms with van der Waals surface area (Å²) >= 11 is 0. The molecule has 1 saturated heterocycles. The Hall–Kier alpha value is -1.82. The standard InChI is InChI=1S/C13H16N6/c1-4-16-13(2-3-13)11(1)12-8-19(18-17-12)7-10-5-14-9-15-6-10/h5-6,8-9,11,16H,1-4,7H2. The first kappa shape index (κ1) is 11.0. The summed E-state index contributed by atoms with van der Waals surface area (Å²) in [6.07, 6.45) is 11.0. The molecule has 1 aliphatic heterocycles. The molecule has 0 amide bonds. The van der Waals surface area contributed by atoms with Crippen LogP contribution in [0.4, 0.5) is 0 Å². The van der Waals surface area contributed by atoms with Gasteiger partial charge in [-0.15, -0.1) is 5.10 Å². The molecule has 1 aliphatic carbocycles. The summed E-state index contributed by atoms with van der Waals surface area (Å²) < 4.78 is 1.88. The second-order valence-corrected chi connectivity index (χ2v) is 5.51. The van der Waals surface area contributed by atoms with E-state index >= 15 is 0 Å². The third kappa shape index (κ3) is 1.92. The maximum atomic E-state index is 4.36. The minimum absolute atomic E-state index is 0.344. The Morgan fingerprint density at radius 3 is 2.95 bits per heavy atom. The lowest BCUT2D eigenvalue weighted by molar-refractivity contribution is 0.525. The monoisotopic (exact) mass is 256 g/mol. The van der Waals surface area contributed by atoms with E-state index in [1.807, 2.05) is 17.1 Å². The SMILES string of the molecule is c1ncc(Cn2cc(C3CCNC34CC4)nn2)cn1. The summed E-state index contributed by atoms with van der Waals surface area (Å²) in [5, 5.41) is 12.2. The first-order valence-corrected chi connectivity index (χ1v) is 6.75. The zero-order valence-electron chi connectivity index (χ0n) is 10.7. The fraction of sp³-hybridized carbons (Fsp3) is 0.538. The molecule has 6 heteroatoms. The Morgan fingerprint density at radius 1 is 1.32 bits per heavy atom. The Kier molecular flexibility index (Phi) is 2.38. The second-order valence-electron chi connectivity index (χ2n) is 5.51. The fourth-order valence-corrected chi connectivity index (χ4v) is 3.10. The van der Waals surface area contributed by atoms with Gasteiger partial charge in [-0.3, -0.25) is 0 Å². The maximum absolute atomic E-state index is 4.36. The predicted octanol–water partition coefficient (Wildman–Crippen LogP) is 0.726. The van der Waals surface area contributed by atoms with E-state index in [0.29, 0.717) is 18.0 Å². The van der Waals surface area contributed by atoms with Crippen LogP contribution in [0.2, 0.25) is 0 Å². The van der Waals surface area contributed by atoms with Gasteiger partial charge in [0, 0.05) is 35.6 Å². The quantitative estimate of drug-likeness (QED) is 0.876. The molecule has 1 spiro atoms. The summed E-state index contributed by atoms with van der Waals surface area (Å²) in [6, 6.07) is 0. The Morgan fingerprint density at radius 2 is 2.16 bits per heavy atom. The summed E-state index contributed by atoms with van der Waals surface area (Å²) in [5.41, 5.74) is 2.51. The van der Waals surface area contributed by atoms with E-state index < -0.39 is 0 Å². The van der Waals surface area contributed by atoms with E-state index in [1.54, 1.807) is 0 Å². The van der Waals surface area contributed by atoms with Crippen LogP contribution in [0.5, 0.6) is 0 Å². The number of nitrogens with one attached hydrogen (secondary N) is 1. The predicted molar refractivity (Wildman–Crippen MR) is 68.5 cm³/mol. The zero-order chi connectivity index (χ0) is 12.7. The van der Waals surface area contributed by atoms with Crippen LogP contribution in [0.1, 0.15) is 36.4 Å². The highest BCUT2D eigenvalue weighted by molar-refractivity contribution is 5.23. The van der Waals surface area contributed by atoms with Crippen LogP contribution >= 0.6 is 0 Å². The van der Waals surface area contributed by atoms with E-state index in [-0.39, 0.29) is 0 Å². The number of hydrogen-bond acceptors (Lipinski definition) is 5. The van der Waals surface area contributed by atoms with Crippen molar-refractivity contribution in [3.05, 3.63) is 36.2 Å². The van der Waals surface area contributed by atoms with Gasteiger partial charge in [-0.05, 0) is 25.8 Å². The second kappa shape index (κ2) is 4.09. The summed E-state index contributed by atoms with van der Waals surface area (Å²) in [4.78, 5) is 8.03. The van der Waals surface area contributed by atoms with Crippen molar-refractivity contribution in [1.29, 1.82) is 0 Å². The Bertz CT molecular complexity index is 574. The van der Waals surface area contributed by atoms with E-state index in [9.17, 15) is 0 Å². The van der Waals surface area contributed by atoms with Crippen molar-refractivity contribution >= 4 is 0 Å². The molecular weight excluding hydrogens is 240 g/mol. The summed E-state index contributed by atoms with van der Waals surface area (Å²) in [7, 11) is 0. The molecular formula is C13H16N6. The lowest BCUT2D eigenvalue weighted by Crippen LogP contribution is -2.27. The molecule has 6 nitrogen and oxygen atoms in total. The van der Waals surface area contributed by atoms with Crippen LogP contribution in [-0.4, -0.2) is 37.0 Å². The Labute approximate surface area is 111 Å². The molecule has 98 valence electrons. The minimum atomic E-state index is 0.344. The number of hydrogen-bond donors (Lipinski definition) is 1. The van der Waals surface area contributed by atoms with Gasteiger partial charge in [0.1, 0.15) is 6.33 Å². The molecule has 2 aromatic rings. The van der Waals surface area contributed by atoms with E-state index in [1.165, 1.54) is 25.6 Å². The normalized spacial score (nSPS) is 23.9. The average molecular weight is 256 g/mol. The molecule has 2 aromatic heterocycles. The van der Waals surface area contributed by atoms with E-state index in [2.05, 4.69) is 31.8 Å². The smallest absolute Gasteiger partial charge is 0.115 e. The molecule has 0 radical (unpaired) electrons. The largest absolute Gasteiger partial charge is 0.311 e. The van der Waals surface area contributed by atoms with Gasteiger partial charge in [0.2, 0.25) is 0 Å². The van der Waals surface area contributed by atoms with Crippen LogP contribution in [0, 0.1) is 0 Å². The molecule has 4 rings (SSSR count). The van der Waals surface area contributed by atoms with Crippen LogP contribution in [0.3, 0.4) is 0 Å². The van der Waals surface area contributed by atoms with Crippen molar-refractivity contribution in [1.82, 2.24) is 30.3 Å². The van der Waals surface area contributed by atoms with Gasteiger partial charge in [-0.2, -0.15) is 0 Å². The van der Waals surface area contributed by atoms with Gasteiger partial charge < -0.3 is 5.32 Å². The van der Waals surface area contributed by atoms with Gasteiger partial charge in [-0.1, -0.05) is 5.21 Å². The van der Waals surface area contributed by atoms with Crippen molar-refractivity contribution in [3.8, 4) is 0 Å². The van der Waals surface area contributed by atoms with Gasteiger partial charge in [-0.25, -0.2) is 14.6 Å². The lowest BCUT2D eigenvalue weighted by Gasteiger charge is -2.14. The highest BCUT2D eigenvalue weighted by atomic mass is 15.4. The molecule has 2 aliphatic rings. The van der Waals surface area contributed by atoms with Crippen molar-refractivity contribution in [2.45, 2.75) is 37.3 Å². The number of nitrogens with zero attached hydrogens (tertiary/aromatic N) is 5. The van der Waals surface area contributed by atoms with Crippen LogP contribution in [0.25, 0.3) is 0 Å². The third-order valence-electron chi connectivity index (χ3n) is 4.24. The summed E-state index contributed by atoms with van der Waals surface area (Å²) in [6.45, 7) is 1.78. The first-order chi connectivity index (χ1) is 9.36. The molecule has 3 heterocycles. The zero-order valence-corrected chi connectivity index (χ0v) is 10.7. The van der Waals surface area contributed by atoms with Crippen molar-refractivity contribution in [2.75, 3.05) is 6.54 Å². The van der Waals surface area contributed by atoms with Gasteiger partial charge in [0.15, 0.2) is 0 Å². The van der Waals surface area contributed by atoms with Gasteiger partial charge in [0.25, 0.3) is 0 Å². The summed E-state index contributed by atoms with van der Waals surface area (Å²) in [5.74, 6) is 0.535. The van der Waals surface area contributed by atoms with E-state index in [4.69, 9.17) is 0 Å². The number of rotatable bonds is 3. The van der Waals surface area contributed by atoms with Gasteiger partial charge >= 0.3 is 0 Å². The van der Waals surface area contributed by atoms with Crippen molar-refractivity contribution < 1.29 is 0 Å². The molecule has 0 aromatic carbocycles. The van der Waals surface area contributed by atoms with Gasteiger partial charge in [0.05, 0.1) is 12.2 Å². The fourth-order valence-electron chi connectivity index (χ4n) is 3.10. The highest BCUT2D eigenvalue weighted by Gasteiger charge is 2.53.